The Bertz CT molecular complexity index is 1100. The van der Waals surface area contributed by atoms with E-state index in [1.807, 2.05) is 6.07 Å². The SMILES string of the molecule is CN1Cc2cc(Cl)ccc2-n2c(nnc2[C@H]2CC[C@H](c3noc4c3CCC4)CC2)C1. The van der Waals surface area contributed by atoms with E-state index in [2.05, 4.69) is 44.0 Å². The first-order valence-corrected chi connectivity index (χ1v) is 11.4. The maximum Gasteiger partial charge on any atom is 0.151 e. The van der Waals surface area contributed by atoms with Crippen LogP contribution in [0.2, 0.25) is 5.02 Å². The summed E-state index contributed by atoms with van der Waals surface area (Å²) >= 11 is 6.30. The van der Waals surface area contributed by atoms with Gasteiger partial charge in [0.05, 0.1) is 17.9 Å². The summed E-state index contributed by atoms with van der Waals surface area (Å²) in [5.41, 5.74) is 5.05. The summed E-state index contributed by atoms with van der Waals surface area (Å²) in [7, 11) is 2.12. The molecule has 156 valence electrons. The highest BCUT2D eigenvalue weighted by molar-refractivity contribution is 6.30. The molecule has 0 radical (unpaired) electrons. The monoisotopic (exact) mass is 423 g/mol. The van der Waals surface area contributed by atoms with Crippen LogP contribution in [-0.2, 0) is 25.9 Å². The largest absolute Gasteiger partial charge is 0.361 e. The third-order valence-corrected chi connectivity index (χ3v) is 7.33. The molecule has 0 spiro atoms. The molecule has 2 aromatic heterocycles. The summed E-state index contributed by atoms with van der Waals surface area (Å²) < 4.78 is 7.91. The van der Waals surface area contributed by atoms with E-state index in [1.165, 1.54) is 28.9 Å². The number of aryl methyl sites for hydroxylation is 1. The van der Waals surface area contributed by atoms with E-state index in [0.29, 0.717) is 11.8 Å². The second-order valence-corrected chi connectivity index (χ2v) is 9.56. The molecule has 3 aromatic rings. The van der Waals surface area contributed by atoms with Crippen LogP contribution in [-0.4, -0.2) is 31.9 Å². The Morgan fingerprint density at radius 2 is 1.87 bits per heavy atom. The predicted molar refractivity (Wildman–Crippen MR) is 114 cm³/mol. The van der Waals surface area contributed by atoms with E-state index in [0.717, 1.165) is 74.0 Å². The molecule has 6 rings (SSSR count). The summed E-state index contributed by atoms with van der Waals surface area (Å²) in [5.74, 6) is 4.21. The van der Waals surface area contributed by atoms with Crippen LogP contribution < -0.4 is 0 Å². The molecule has 2 aliphatic carbocycles. The summed E-state index contributed by atoms with van der Waals surface area (Å²) in [4.78, 5) is 2.27. The molecule has 0 saturated heterocycles. The average Bonchev–Trinajstić information content (AvgIpc) is 3.43. The number of hydrogen-bond acceptors (Lipinski definition) is 5. The zero-order valence-electron chi connectivity index (χ0n) is 17.3. The van der Waals surface area contributed by atoms with Gasteiger partial charge in [-0.25, -0.2) is 0 Å². The maximum absolute atomic E-state index is 6.30. The summed E-state index contributed by atoms with van der Waals surface area (Å²) in [6, 6.07) is 6.17. The lowest BCUT2D eigenvalue weighted by Crippen LogP contribution is -2.17. The molecular weight excluding hydrogens is 398 g/mol. The van der Waals surface area contributed by atoms with E-state index < -0.39 is 0 Å². The number of rotatable bonds is 2. The second-order valence-electron chi connectivity index (χ2n) is 9.13. The van der Waals surface area contributed by atoms with Crippen molar-refractivity contribution in [2.45, 2.75) is 69.9 Å². The van der Waals surface area contributed by atoms with Crippen LogP contribution in [0.1, 0.15) is 78.2 Å². The van der Waals surface area contributed by atoms with Crippen LogP contribution in [0, 0.1) is 0 Å². The minimum Gasteiger partial charge on any atom is -0.361 e. The fourth-order valence-corrected chi connectivity index (χ4v) is 5.83. The standard InChI is InChI=1S/C23H26ClN5O/c1-28-12-16-11-17(24)9-10-19(16)29-21(13-28)25-26-23(29)15-7-5-14(6-8-15)22-18-3-2-4-20(18)30-27-22/h9-11,14-15H,2-8,12-13H2,1H3/t14-,15-. The quantitative estimate of drug-likeness (QED) is 0.593. The molecule has 6 nitrogen and oxygen atoms in total. The summed E-state index contributed by atoms with van der Waals surface area (Å²) in [5, 5.41) is 14.5. The third-order valence-electron chi connectivity index (χ3n) is 7.10. The van der Waals surface area contributed by atoms with Gasteiger partial charge in [-0.15, -0.1) is 10.2 Å². The van der Waals surface area contributed by atoms with Crippen LogP contribution in [0.25, 0.3) is 5.69 Å². The Balaban J connectivity index is 1.29. The smallest absolute Gasteiger partial charge is 0.151 e. The van der Waals surface area contributed by atoms with Gasteiger partial charge in [-0.3, -0.25) is 9.47 Å². The van der Waals surface area contributed by atoms with Crippen molar-refractivity contribution in [3.63, 3.8) is 0 Å². The zero-order chi connectivity index (χ0) is 20.2. The molecule has 0 N–H and O–H groups in total. The lowest BCUT2D eigenvalue weighted by molar-refractivity contribution is 0.315. The van der Waals surface area contributed by atoms with E-state index in [9.17, 15) is 0 Å². The van der Waals surface area contributed by atoms with Gasteiger partial charge in [-0.1, -0.05) is 16.8 Å². The molecular formula is C23H26ClN5O. The van der Waals surface area contributed by atoms with Crippen molar-refractivity contribution in [1.82, 2.24) is 24.8 Å². The Morgan fingerprint density at radius 3 is 2.73 bits per heavy atom. The van der Waals surface area contributed by atoms with Crippen LogP contribution >= 0.6 is 11.6 Å². The molecule has 3 aliphatic rings. The highest BCUT2D eigenvalue weighted by Gasteiger charge is 2.33. The van der Waals surface area contributed by atoms with E-state index in [4.69, 9.17) is 16.1 Å². The fraction of sp³-hybridized carbons (Fsp3) is 0.522. The Labute approximate surface area is 181 Å². The van der Waals surface area contributed by atoms with Gasteiger partial charge < -0.3 is 4.52 Å². The normalized spacial score (nSPS) is 23.7. The molecule has 0 bridgehead atoms. The van der Waals surface area contributed by atoms with Gasteiger partial charge in [0.2, 0.25) is 0 Å². The first-order chi connectivity index (χ1) is 14.7. The van der Waals surface area contributed by atoms with Crippen molar-refractivity contribution >= 4 is 11.6 Å². The lowest BCUT2D eigenvalue weighted by atomic mass is 9.79. The minimum atomic E-state index is 0.425. The average molecular weight is 424 g/mol. The number of nitrogens with zero attached hydrogens (tertiary/aromatic N) is 5. The van der Waals surface area contributed by atoms with Gasteiger partial charge >= 0.3 is 0 Å². The van der Waals surface area contributed by atoms with Crippen molar-refractivity contribution in [1.29, 1.82) is 0 Å². The molecule has 0 amide bonds. The van der Waals surface area contributed by atoms with Gasteiger partial charge in [0, 0.05) is 35.4 Å². The van der Waals surface area contributed by atoms with Gasteiger partial charge in [0.25, 0.3) is 0 Å². The molecule has 1 aromatic carbocycles. The fourth-order valence-electron chi connectivity index (χ4n) is 5.64. The molecule has 7 heteroatoms. The Hall–Kier alpha value is -2.18. The van der Waals surface area contributed by atoms with Crippen molar-refractivity contribution in [3.05, 3.63) is 57.5 Å². The van der Waals surface area contributed by atoms with Crippen molar-refractivity contribution in [3.8, 4) is 5.69 Å². The summed E-state index contributed by atoms with van der Waals surface area (Å²) in [6.45, 7) is 1.66. The van der Waals surface area contributed by atoms with E-state index in [1.54, 1.807) is 0 Å². The molecule has 0 unspecified atom stereocenters. The molecule has 30 heavy (non-hydrogen) atoms. The first-order valence-electron chi connectivity index (χ1n) is 11.1. The predicted octanol–water partition coefficient (Wildman–Crippen LogP) is 4.78. The van der Waals surface area contributed by atoms with Crippen LogP contribution in [0.4, 0.5) is 0 Å². The van der Waals surface area contributed by atoms with Crippen molar-refractivity contribution < 1.29 is 4.52 Å². The molecule has 1 fully saturated rings. The highest BCUT2D eigenvalue weighted by Crippen LogP contribution is 2.43. The highest BCUT2D eigenvalue weighted by atomic mass is 35.5. The van der Waals surface area contributed by atoms with Crippen molar-refractivity contribution in [2.75, 3.05) is 7.05 Å². The van der Waals surface area contributed by atoms with Crippen LogP contribution in [0.3, 0.4) is 0 Å². The maximum atomic E-state index is 6.30. The molecule has 0 atom stereocenters. The Kier molecular flexibility index (Phi) is 4.46. The van der Waals surface area contributed by atoms with Gasteiger partial charge in [-0.2, -0.15) is 0 Å². The molecule has 1 saturated carbocycles. The van der Waals surface area contributed by atoms with Crippen LogP contribution in [0.5, 0.6) is 0 Å². The number of aromatic nitrogens is 4. The van der Waals surface area contributed by atoms with E-state index in [-0.39, 0.29) is 0 Å². The minimum absolute atomic E-state index is 0.425. The van der Waals surface area contributed by atoms with Gasteiger partial charge in [0.1, 0.15) is 11.6 Å². The second kappa shape index (κ2) is 7.20. The number of halogens is 1. The molecule has 1 aliphatic heterocycles. The number of benzene rings is 1. The molecule has 3 heterocycles. The van der Waals surface area contributed by atoms with Crippen LogP contribution in [0.15, 0.2) is 22.7 Å². The van der Waals surface area contributed by atoms with Crippen molar-refractivity contribution in [2.24, 2.45) is 0 Å². The van der Waals surface area contributed by atoms with E-state index >= 15 is 0 Å². The number of hydrogen-bond donors (Lipinski definition) is 0. The lowest BCUT2D eigenvalue weighted by Gasteiger charge is -2.27. The zero-order valence-corrected chi connectivity index (χ0v) is 18.0. The Morgan fingerprint density at radius 1 is 1.03 bits per heavy atom. The summed E-state index contributed by atoms with van der Waals surface area (Å²) in [6.07, 6.45) is 7.91. The number of fused-ring (bicyclic) bond motifs is 4. The van der Waals surface area contributed by atoms with Gasteiger partial charge in [0.15, 0.2) is 5.82 Å². The third kappa shape index (κ3) is 3.00. The van der Waals surface area contributed by atoms with Gasteiger partial charge in [-0.05, 0) is 69.3 Å². The first kappa shape index (κ1) is 18.6. The topological polar surface area (TPSA) is 60.0 Å².